The van der Waals surface area contributed by atoms with Gasteiger partial charge in [-0.2, -0.15) is 0 Å². The summed E-state index contributed by atoms with van der Waals surface area (Å²) in [7, 11) is 1.69. The molecule has 0 fully saturated rings. The Bertz CT molecular complexity index is 314. The zero-order valence-electron chi connectivity index (χ0n) is 7.62. The largest absolute Gasteiger partial charge is 0.497 e. The van der Waals surface area contributed by atoms with E-state index in [0.717, 1.165) is 30.1 Å². The van der Waals surface area contributed by atoms with Gasteiger partial charge in [0.2, 0.25) is 0 Å². The second kappa shape index (κ2) is 3.52. The van der Waals surface area contributed by atoms with E-state index in [1.807, 2.05) is 30.3 Å². The summed E-state index contributed by atoms with van der Waals surface area (Å²) in [6.07, 6.45) is 0.876. The van der Waals surface area contributed by atoms with E-state index in [9.17, 15) is 0 Å². The van der Waals surface area contributed by atoms with E-state index in [4.69, 9.17) is 9.47 Å². The third-order valence-corrected chi connectivity index (χ3v) is 2.11. The van der Waals surface area contributed by atoms with Crippen LogP contribution in [0.1, 0.15) is 12.0 Å². The fraction of sp³-hybridized carbons (Fsp3) is 0.273. The van der Waals surface area contributed by atoms with Crippen molar-refractivity contribution in [2.75, 3.05) is 13.7 Å². The number of methoxy groups -OCH3 is 1. The van der Waals surface area contributed by atoms with E-state index in [0.29, 0.717) is 0 Å². The van der Waals surface area contributed by atoms with Crippen LogP contribution in [0.3, 0.4) is 0 Å². The highest BCUT2D eigenvalue weighted by Gasteiger charge is 2.17. The van der Waals surface area contributed by atoms with Crippen LogP contribution >= 0.6 is 0 Å². The standard InChI is InChI=1S/C11H12O2/c1-12-10-7-8-13-11(10)9-5-3-2-4-6-9/h2-6H,7-8H2,1H3. The Balaban J connectivity index is 2.35. The lowest BCUT2D eigenvalue weighted by Gasteiger charge is -2.04. The Labute approximate surface area is 77.8 Å². The maximum absolute atomic E-state index is 5.50. The van der Waals surface area contributed by atoms with Crippen LogP contribution in [-0.4, -0.2) is 13.7 Å². The minimum Gasteiger partial charge on any atom is -0.497 e. The summed E-state index contributed by atoms with van der Waals surface area (Å²) < 4.78 is 10.7. The molecule has 13 heavy (non-hydrogen) atoms. The molecule has 0 radical (unpaired) electrons. The summed E-state index contributed by atoms with van der Waals surface area (Å²) in [6, 6.07) is 10.0. The average Bonchev–Trinajstić information content (AvgIpc) is 2.67. The molecule has 0 aromatic heterocycles. The number of benzene rings is 1. The smallest absolute Gasteiger partial charge is 0.164 e. The van der Waals surface area contributed by atoms with Crippen molar-refractivity contribution in [2.24, 2.45) is 0 Å². The van der Waals surface area contributed by atoms with E-state index < -0.39 is 0 Å². The molecule has 0 amide bonds. The summed E-state index contributed by atoms with van der Waals surface area (Å²) in [5.41, 5.74) is 1.09. The maximum Gasteiger partial charge on any atom is 0.164 e. The van der Waals surface area contributed by atoms with Gasteiger partial charge in [0.05, 0.1) is 13.7 Å². The lowest BCUT2D eigenvalue weighted by atomic mass is 10.2. The molecular weight excluding hydrogens is 164 g/mol. The number of hydrogen-bond donors (Lipinski definition) is 0. The molecular formula is C11H12O2. The fourth-order valence-electron chi connectivity index (χ4n) is 1.47. The molecule has 0 saturated carbocycles. The lowest BCUT2D eigenvalue weighted by Crippen LogP contribution is -1.87. The van der Waals surface area contributed by atoms with Crippen molar-refractivity contribution in [3.05, 3.63) is 41.7 Å². The van der Waals surface area contributed by atoms with Gasteiger partial charge in [-0.05, 0) is 0 Å². The van der Waals surface area contributed by atoms with Crippen molar-refractivity contribution in [3.8, 4) is 0 Å². The molecule has 1 aromatic carbocycles. The highest BCUT2D eigenvalue weighted by atomic mass is 16.5. The molecule has 0 aliphatic carbocycles. The van der Waals surface area contributed by atoms with Crippen LogP contribution in [0.5, 0.6) is 0 Å². The highest BCUT2D eigenvalue weighted by Crippen LogP contribution is 2.28. The van der Waals surface area contributed by atoms with Gasteiger partial charge in [-0.25, -0.2) is 0 Å². The first-order chi connectivity index (χ1) is 6.42. The van der Waals surface area contributed by atoms with Gasteiger partial charge >= 0.3 is 0 Å². The zero-order chi connectivity index (χ0) is 9.10. The molecule has 0 atom stereocenters. The van der Waals surface area contributed by atoms with Crippen LogP contribution < -0.4 is 0 Å². The van der Waals surface area contributed by atoms with Crippen LogP contribution in [0.25, 0.3) is 5.76 Å². The molecule has 68 valence electrons. The second-order valence-corrected chi connectivity index (χ2v) is 2.92. The van der Waals surface area contributed by atoms with Crippen LogP contribution in [0.2, 0.25) is 0 Å². The Morgan fingerprint density at radius 3 is 2.69 bits per heavy atom. The van der Waals surface area contributed by atoms with Crippen molar-refractivity contribution in [3.63, 3.8) is 0 Å². The van der Waals surface area contributed by atoms with Gasteiger partial charge in [0.1, 0.15) is 5.76 Å². The second-order valence-electron chi connectivity index (χ2n) is 2.92. The van der Waals surface area contributed by atoms with Crippen LogP contribution in [-0.2, 0) is 9.47 Å². The summed E-state index contributed by atoms with van der Waals surface area (Å²) in [5, 5.41) is 0. The summed E-state index contributed by atoms with van der Waals surface area (Å²) >= 11 is 0. The molecule has 0 bridgehead atoms. The Morgan fingerprint density at radius 2 is 2.00 bits per heavy atom. The molecule has 0 saturated heterocycles. The number of hydrogen-bond acceptors (Lipinski definition) is 2. The lowest BCUT2D eigenvalue weighted by molar-refractivity contribution is 0.283. The fourth-order valence-corrected chi connectivity index (χ4v) is 1.47. The first-order valence-corrected chi connectivity index (χ1v) is 4.37. The van der Waals surface area contributed by atoms with E-state index in [2.05, 4.69) is 0 Å². The third-order valence-electron chi connectivity index (χ3n) is 2.11. The molecule has 0 spiro atoms. The average molecular weight is 176 g/mol. The maximum atomic E-state index is 5.50. The topological polar surface area (TPSA) is 18.5 Å². The molecule has 2 rings (SSSR count). The van der Waals surface area contributed by atoms with E-state index in [1.165, 1.54) is 0 Å². The van der Waals surface area contributed by atoms with E-state index in [-0.39, 0.29) is 0 Å². The van der Waals surface area contributed by atoms with Crippen molar-refractivity contribution >= 4 is 5.76 Å². The van der Waals surface area contributed by atoms with Crippen molar-refractivity contribution in [1.29, 1.82) is 0 Å². The molecule has 1 aliphatic rings. The summed E-state index contributed by atoms with van der Waals surface area (Å²) in [6.45, 7) is 0.730. The predicted molar refractivity (Wildman–Crippen MR) is 50.9 cm³/mol. The highest BCUT2D eigenvalue weighted by molar-refractivity contribution is 5.63. The minimum atomic E-state index is 0.730. The molecule has 0 N–H and O–H groups in total. The number of rotatable bonds is 2. The third kappa shape index (κ3) is 1.52. The molecule has 2 heteroatoms. The minimum absolute atomic E-state index is 0.730. The monoisotopic (exact) mass is 176 g/mol. The van der Waals surface area contributed by atoms with Gasteiger partial charge in [-0.3, -0.25) is 0 Å². The first-order valence-electron chi connectivity index (χ1n) is 4.37. The van der Waals surface area contributed by atoms with Crippen molar-refractivity contribution in [2.45, 2.75) is 6.42 Å². The summed E-state index contributed by atoms with van der Waals surface area (Å²) in [4.78, 5) is 0. The van der Waals surface area contributed by atoms with E-state index >= 15 is 0 Å². The molecule has 1 heterocycles. The Morgan fingerprint density at radius 1 is 1.23 bits per heavy atom. The van der Waals surface area contributed by atoms with Gasteiger partial charge in [0.25, 0.3) is 0 Å². The van der Waals surface area contributed by atoms with Crippen LogP contribution in [0.4, 0.5) is 0 Å². The van der Waals surface area contributed by atoms with Crippen molar-refractivity contribution in [1.82, 2.24) is 0 Å². The first kappa shape index (κ1) is 8.17. The van der Waals surface area contributed by atoms with Gasteiger partial charge in [-0.1, -0.05) is 30.3 Å². The zero-order valence-corrected chi connectivity index (χ0v) is 7.62. The van der Waals surface area contributed by atoms with Crippen LogP contribution in [0, 0.1) is 0 Å². The molecule has 1 aromatic rings. The van der Waals surface area contributed by atoms with Gasteiger partial charge < -0.3 is 9.47 Å². The molecule has 1 aliphatic heterocycles. The SMILES string of the molecule is COC1=C(c2ccccc2)OCC1. The van der Waals surface area contributed by atoms with Crippen molar-refractivity contribution < 1.29 is 9.47 Å². The molecule has 2 nitrogen and oxygen atoms in total. The summed E-state index contributed by atoms with van der Waals surface area (Å²) in [5.74, 6) is 1.84. The molecule has 0 unspecified atom stereocenters. The van der Waals surface area contributed by atoms with Crippen LogP contribution in [0.15, 0.2) is 36.1 Å². The van der Waals surface area contributed by atoms with Gasteiger partial charge in [-0.15, -0.1) is 0 Å². The number of ether oxygens (including phenoxy) is 2. The van der Waals surface area contributed by atoms with Gasteiger partial charge in [0, 0.05) is 12.0 Å². The Kier molecular flexibility index (Phi) is 2.21. The Hall–Kier alpha value is -1.44. The predicted octanol–water partition coefficient (Wildman–Crippen LogP) is 2.42. The van der Waals surface area contributed by atoms with E-state index in [1.54, 1.807) is 7.11 Å². The quantitative estimate of drug-likeness (QED) is 0.689. The van der Waals surface area contributed by atoms with Gasteiger partial charge in [0.15, 0.2) is 5.76 Å². The normalized spacial score (nSPS) is 15.8.